The minimum absolute atomic E-state index is 0.0398. The van der Waals surface area contributed by atoms with Crippen molar-refractivity contribution < 1.29 is 23.8 Å². The third-order valence-electron chi connectivity index (χ3n) is 3.51. The zero-order valence-electron chi connectivity index (χ0n) is 15.5. The predicted octanol–water partition coefficient (Wildman–Crippen LogP) is 4.24. The Hall–Kier alpha value is -2.24. The van der Waals surface area contributed by atoms with Gasteiger partial charge in [0, 0.05) is 12.0 Å². The molecular formula is C19H27NO5. The van der Waals surface area contributed by atoms with Crippen LogP contribution in [0.4, 0.5) is 9.59 Å². The molecule has 0 spiro atoms. The lowest BCUT2D eigenvalue weighted by molar-refractivity contribution is 0.0522. The first-order valence-corrected chi connectivity index (χ1v) is 8.58. The molecule has 1 N–H and O–H groups in total. The molecule has 0 heterocycles. The molecule has 25 heavy (non-hydrogen) atoms. The van der Waals surface area contributed by atoms with Gasteiger partial charge in [-0.05, 0) is 50.8 Å². The van der Waals surface area contributed by atoms with E-state index in [1.54, 1.807) is 12.1 Å². The highest BCUT2D eigenvalue weighted by atomic mass is 16.7. The summed E-state index contributed by atoms with van der Waals surface area (Å²) in [6, 6.07) is 7.33. The molecule has 1 aromatic carbocycles. The van der Waals surface area contributed by atoms with E-state index in [4.69, 9.17) is 14.2 Å². The van der Waals surface area contributed by atoms with Gasteiger partial charge in [-0.3, -0.25) is 0 Å². The van der Waals surface area contributed by atoms with Gasteiger partial charge in [0.05, 0.1) is 6.61 Å². The zero-order chi connectivity index (χ0) is 18.6. The van der Waals surface area contributed by atoms with Crippen LogP contribution in [0.25, 0.3) is 0 Å². The lowest BCUT2D eigenvalue weighted by Crippen LogP contribution is -2.34. The van der Waals surface area contributed by atoms with E-state index >= 15 is 0 Å². The molecule has 1 aliphatic carbocycles. The van der Waals surface area contributed by atoms with E-state index in [0.717, 1.165) is 12.0 Å². The van der Waals surface area contributed by atoms with Gasteiger partial charge in [-0.1, -0.05) is 26.0 Å². The molecule has 1 amide bonds. The van der Waals surface area contributed by atoms with Crippen LogP contribution in [0.15, 0.2) is 24.3 Å². The van der Waals surface area contributed by atoms with Crippen LogP contribution in [0.3, 0.4) is 0 Å². The van der Waals surface area contributed by atoms with E-state index in [1.807, 2.05) is 46.8 Å². The quantitative estimate of drug-likeness (QED) is 0.636. The standard InChI is InChI=1S/C19H27NO5/c1-12(2)11-23-18(22)24-14-8-6-7-13(9-14)15-10-16(15)20-17(21)25-19(3,4)5/h6-9,12,15-16H,10-11H2,1-5H3,(H,20,21)/t15-,16+/m0/s1. The molecule has 138 valence electrons. The summed E-state index contributed by atoms with van der Waals surface area (Å²) in [5.41, 5.74) is 0.494. The number of amides is 1. The van der Waals surface area contributed by atoms with Crippen LogP contribution in [0.2, 0.25) is 0 Å². The molecule has 6 heteroatoms. The van der Waals surface area contributed by atoms with Crippen molar-refractivity contribution in [2.24, 2.45) is 5.92 Å². The number of benzene rings is 1. The molecule has 0 saturated heterocycles. The molecule has 1 fully saturated rings. The molecule has 2 rings (SSSR count). The summed E-state index contributed by atoms with van der Waals surface area (Å²) >= 11 is 0. The van der Waals surface area contributed by atoms with Crippen molar-refractivity contribution in [2.75, 3.05) is 6.61 Å². The Kier molecular flexibility index (Phi) is 5.93. The number of carbonyl (C=O) groups excluding carboxylic acids is 2. The second kappa shape index (κ2) is 7.76. The first kappa shape index (κ1) is 19.1. The van der Waals surface area contributed by atoms with Gasteiger partial charge in [0.15, 0.2) is 0 Å². The summed E-state index contributed by atoms with van der Waals surface area (Å²) in [5, 5.41) is 2.86. The summed E-state index contributed by atoms with van der Waals surface area (Å²) in [6.07, 6.45) is -0.282. The SMILES string of the molecule is CC(C)COC(=O)Oc1cccc([C@@H]2C[C@H]2NC(=O)OC(C)(C)C)c1. The van der Waals surface area contributed by atoms with Crippen molar-refractivity contribution in [2.45, 2.75) is 58.6 Å². The van der Waals surface area contributed by atoms with E-state index < -0.39 is 17.8 Å². The maximum atomic E-state index is 11.8. The van der Waals surface area contributed by atoms with Crippen LogP contribution >= 0.6 is 0 Å². The topological polar surface area (TPSA) is 73.9 Å². The predicted molar refractivity (Wildman–Crippen MR) is 93.8 cm³/mol. The van der Waals surface area contributed by atoms with E-state index in [2.05, 4.69) is 5.32 Å². The van der Waals surface area contributed by atoms with Crippen molar-refractivity contribution in [1.29, 1.82) is 0 Å². The zero-order valence-corrected chi connectivity index (χ0v) is 15.5. The average Bonchev–Trinajstić information content (AvgIpc) is 3.22. The van der Waals surface area contributed by atoms with Gasteiger partial charge in [0.2, 0.25) is 0 Å². The Balaban J connectivity index is 1.86. The number of nitrogens with one attached hydrogen (secondary N) is 1. The smallest absolute Gasteiger partial charge is 0.444 e. The van der Waals surface area contributed by atoms with Crippen LogP contribution in [0, 0.1) is 5.92 Å². The summed E-state index contributed by atoms with van der Waals surface area (Å²) in [4.78, 5) is 23.4. The van der Waals surface area contributed by atoms with Crippen LogP contribution in [0.5, 0.6) is 5.75 Å². The Morgan fingerprint density at radius 1 is 1.28 bits per heavy atom. The molecule has 1 aromatic rings. The molecule has 6 nitrogen and oxygen atoms in total. The van der Waals surface area contributed by atoms with Gasteiger partial charge in [0.1, 0.15) is 11.4 Å². The molecule has 0 aliphatic heterocycles. The first-order chi connectivity index (χ1) is 11.6. The minimum atomic E-state index is -0.704. The van der Waals surface area contributed by atoms with Gasteiger partial charge >= 0.3 is 12.2 Å². The van der Waals surface area contributed by atoms with E-state index in [9.17, 15) is 9.59 Å². The monoisotopic (exact) mass is 349 g/mol. The Bertz CT molecular complexity index is 620. The molecule has 0 radical (unpaired) electrons. The number of hydrogen-bond donors (Lipinski definition) is 1. The van der Waals surface area contributed by atoms with Gasteiger partial charge in [-0.2, -0.15) is 0 Å². The second-order valence-corrected chi connectivity index (χ2v) is 7.72. The third kappa shape index (κ3) is 6.64. The van der Waals surface area contributed by atoms with E-state index in [0.29, 0.717) is 12.4 Å². The third-order valence-corrected chi connectivity index (χ3v) is 3.51. The Morgan fingerprint density at radius 3 is 2.64 bits per heavy atom. The van der Waals surface area contributed by atoms with Crippen molar-refractivity contribution >= 4 is 12.2 Å². The van der Waals surface area contributed by atoms with E-state index in [-0.39, 0.29) is 17.9 Å². The van der Waals surface area contributed by atoms with Gasteiger partial charge in [-0.15, -0.1) is 0 Å². The number of alkyl carbamates (subject to hydrolysis) is 1. The molecule has 1 aliphatic rings. The highest BCUT2D eigenvalue weighted by Crippen LogP contribution is 2.41. The summed E-state index contributed by atoms with van der Waals surface area (Å²) < 4.78 is 15.5. The largest absolute Gasteiger partial charge is 0.513 e. The maximum absolute atomic E-state index is 11.8. The van der Waals surface area contributed by atoms with Crippen LogP contribution in [0.1, 0.15) is 52.5 Å². The highest BCUT2D eigenvalue weighted by molar-refractivity contribution is 5.69. The molecule has 2 atom stereocenters. The fraction of sp³-hybridized carbons (Fsp3) is 0.579. The normalized spacial score (nSPS) is 19.3. The fourth-order valence-corrected chi connectivity index (χ4v) is 2.35. The van der Waals surface area contributed by atoms with Gasteiger partial charge < -0.3 is 19.5 Å². The number of carbonyl (C=O) groups is 2. The van der Waals surface area contributed by atoms with Gasteiger partial charge in [0.25, 0.3) is 0 Å². The number of rotatable bonds is 5. The highest BCUT2D eigenvalue weighted by Gasteiger charge is 2.40. The Labute approximate surface area is 148 Å². The molecule has 0 bridgehead atoms. The molecule has 1 saturated carbocycles. The van der Waals surface area contributed by atoms with E-state index in [1.165, 1.54) is 0 Å². The summed E-state index contributed by atoms with van der Waals surface area (Å²) in [5.74, 6) is 0.891. The van der Waals surface area contributed by atoms with Crippen molar-refractivity contribution in [3.8, 4) is 5.75 Å². The van der Waals surface area contributed by atoms with Crippen molar-refractivity contribution in [3.05, 3.63) is 29.8 Å². The minimum Gasteiger partial charge on any atom is -0.444 e. The number of hydrogen-bond acceptors (Lipinski definition) is 5. The van der Waals surface area contributed by atoms with Gasteiger partial charge in [-0.25, -0.2) is 9.59 Å². The number of ether oxygens (including phenoxy) is 3. The van der Waals surface area contributed by atoms with Crippen LogP contribution in [-0.4, -0.2) is 30.5 Å². The summed E-state index contributed by atoms with van der Waals surface area (Å²) in [6.45, 7) is 9.73. The van der Waals surface area contributed by atoms with Crippen LogP contribution in [-0.2, 0) is 9.47 Å². The molecular weight excluding hydrogens is 322 g/mol. The van der Waals surface area contributed by atoms with Crippen LogP contribution < -0.4 is 10.1 Å². The summed E-state index contributed by atoms with van der Waals surface area (Å²) in [7, 11) is 0. The average molecular weight is 349 g/mol. The fourth-order valence-electron chi connectivity index (χ4n) is 2.35. The second-order valence-electron chi connectivity index (χ2n) is 7.72. The first-order valence-electron chi connectivity index (χ1n) is 8.58. The lowest BCUT2D eigenvalue weighted by atomic mass is 10.1. The maximum Gasteiger partial charge on any atom is 0.513 e. The Morgan fingerprint density at radius 2 is 2.00 bits per heavy atom. The lowest BCUT2D eigenvalue weighted by Gasteiger charge is -2.19. The van der Waals surface area contributed by atoms with Crippen molar-refractivity contribution in [1.82, 2.24) is 5.32 Å². The molecule has 0 unspecified atom stereocenters. The molecule has 0 aromatic heterocycles. The van der Waals surface area contributed by atoms with Crippen molar-refractivity contribution in [3.63, 3.8) is 0 Å².